The molecule has 0 atom stereocenters. The minimum Gasteiger partial charge on any atom is -0.365 e. The van der Waals surface area contributed by atoms with Gasteiger partial charge in [0.05, 0.1) is 11.9 Å². The molecule has 0 amide bonds. The summed E-state index contributed by atoms with van der Waals surface area (Å²) in [5.74, 6) is 0.152. The molecule has 0 bridgehead atoms. The van der Waals surface area contributed by atoms with E-state index in [2.05, 4.69) is 25.7 Å². The summed E-state index contributed by atoms with van der Waals surface area (Å²) in [4.78, 5) is 1.17. The Hall–Kier alpha value is -2.25. The van der Waals surface area contributed by atoms with E-state index in [4.69, 9.17) is 5.73 Å². The van der Waals surface area contributed by atoms with E-state index in [1.54, 1.807) is 6.21 Å². The number of nitrogens with two attached hydrogens (primary N) is 1. The van der Waals surface area contributed by atoms with Crippen molar-refractivity contribution in [2.75, 3.05) is 5.73 Å². The van der Waals surface area contributed by atoms with Crippen LogP contribution in [0.4, 0.5) is 5.95 Å². The molecular formula is C9H14N8. The quantitative estimate of drug-likeness (QED) is 0.752. The van der Waals surface area contributed by atoms with E-state index in [1.165, 1.54) is 4.79 Å². The van der Waals surface area contributed by atoms with Gasteiger partial charge in [0.1, 0.15) is 0 Å². The van der Waals surface area contributed by atoms with Gasteiger partial charge in [0, 0.05) is 17.8 Å². The van der Waals surface area contributed by atoms with E-state index < -0.39 is 0 Å². The van der Waals surface area contributed by atoms with Crippen LogP contribution in [0.25, 0.3) is 0 Å². The van der Waals surface area contributed by atoms with Gasteiger partial charge in [-0.1, -0.05) is 9.89 Å². The molecule has 0 aliphatic rings. The zero-order valence-corrected chi connectivity index (χ0v) is 9.99. The first-order valence-electron chi connectivity index (χ1n) is 5.25. The van der Waals surface area contributed by atoms with E-state index in [-0.39, 0.29) is 5.95 Å². The van der Waals surface area contributed by atoms with Gasteiger partial charge in [-0.05, 0) is 31.2 Å². The molecule has 2 aromatic rings. The Morgan fingerprint density at radius 2 is 2.18 bits per heavy atom. The molecule has 2 N–H and O–H groups in total. The van der Waals surface area contributed by atoms with E-state index in [0.29, 0.717) is 0 Å². The van der Waals surface area contributed by atoms with Crippen molar-refractivity contribution in [3.63, 3.8) is 0 Å². The van der Waals surface area contributed by atoms with Crippen molar-refractivity contribution in [2.24, 2.45) is 5.10 Å². The molecule has 8 nitrogen and oxygen atoms in total. The topological polar surface area (TPSA) is 99.8 Å². The molecular weight excluding hydrogens is 220 g/mol. The molecule has 0 saturated carbocycles. The van der Waals surface area contributed by atoms with Crippen LogP contribution in [0.15, 0.2) is 5.10 Å². The first-order chi connectivity index (χ1) is 8.13. The maximum absolute atomic E-state index is 5.50. The lowest BCUT2D eigenvalue weighted by molar-refractivity contribution is 0.634. The number of hydrogen-bond acceptors (Lipinski definition) is 6. The molecule has 2 rings (SSSR count). The van der Waals surface area contributed by atoms with Crippen LogP contribution in [-0.2, 0) is 6.54 Å². The van der Waals surface area contributed by atoms with Crippen molar-refractivity contribution in [3.8, 4) is 0 Å². The molecule has 0 spiro atoms. The van der Waals surface area contributed by atoms with Gasteiger partial charge >= 0.3 is 0 Å². The number of nitrogens with zero attached hydrogens (tertiary/aromatic N) is 7. The molecule has 17 heavy (non-hydrogen) atoms. The first kappa shape index (κ1) is 11.2. The van der Waals surface area contributed by atoms with Gasteiger partial charge in [-0.25, -0.2) is 0 Å². The molecule has 2 aromatic heterocycles. The third kappa shape index (κ3) is 2.01. The number of tetrazole rings is 1. The van der Waals surface area contributed by atoms with Crippen molar-refractivity contribution >= 4 is 12.2 Å². The molecule has 0 aromatic carbocycles. The second-order valence-corrected chi connectivity index (χ2v) is 3.57. The van der Waals surface area contributed by atoms with Crippen LogP contribution in [0.2, 0.25) is 0 Å². The van der Waals surface area contributed by atoms with E-state index in [1.807, 2.05) is 25.5 Å². The average molecular weight is 234 g/mol. The predicted octanol–water partition coefficient (Wildman–Crippen LogP) is -0.0293. The fourth-order valence-electron chi connectivity index (χ4n) is 1.59. The molecule has 0 aliphatic heterocycles. The summed E-state index contributed by atoms with van der Waals surface area (Å²) in [6, 6.07) is 0. The van der Waals surface area contributed by atoms with Gasteiger partial charge in [-0.2, -0.15) is 10.2 Å². The van der Waals surface area contributed by atoms with Crippen molar-refractivity contribution < 1.29 is 0 Å². The Morgan fingerprint density at radius 3 is 2.71 bits per heavy atom. The highest BCUT2D eigenvalue weighted by Gasteiger charge is 2.08. The third-order valence-corrected chi connectivity index (χ3v) is 2.51. The van der Waals surface area contributed by atoms with Crippen LogP contribution in [0.3, 0.4) is 0 Å². The van der Waals surface area contributed by atoms with Crippen molar-refractivity contribution in [2.45, 2.75) is 27.3 Å². The summed E-state index contributed by atoms with van der Waals surface area (Å²) in [6.45, 7) is 6.80. The molecule has 0 saturated heterocycles. The standard InChI is InChI=1S/C9H14N8/c1-4-16-7(3)8(6(2)13-16)5-11-17-9(10)12-14-15-17/h5H,4H2,1-3H3,(H2,10,12,15). The highest BCUT2D eigenvalue weighted by Crippen LogP contribution is 2.10. The lowest BCUT2D eigenvalue weighted by Crippen LogP contribution is -2.01. The van der Waals surface area contributed by atoms with Gasteiger partial charge in [0.2, 0.25) is 0 Å². The van der Waals surface area contributed by atoms with Crippen molar-refractivity contribution in [3.05, 3.63) is 17.0 Å². The molecule has 0 unspecified atom stereocenters. The average Bonchev–Trinajstić information content (AvgIpc) is 2.82. The molecule has 8 heteroatoms. The Labute approximate surface area is 98.1 Å². The number of hydrogen-bond donors (Lipinski definition) is 1. The summed E-state index contributed by atoms with van der Waals surface area (Å²) in [7, 11) is 0. The Balaban J connectivity index is 2.33. The van der Waals surface area contributed by atoms with Crippen LogP contribution in [0.1, 0.15) is 23.9 Å². The second kappa shape index (κ2) is 4.32. The zero-order chi connectivity index (χ0) is 12.4. The lowest BCUT2D eigenvalue weighted by atomic mass is 10.2. The fourth-order valence-corrected chi connectivity index (χ4v) is 1.59. The predicted molar refractivity (Wildman–Crippen MR) is 62.6 cm³/mol. The minimum atomic E-state index is 0.152. The second-order valence-electron chi connectivity index (χ2n) is 3.57. The Kier molecular flexibility index (Phi) is 2.86. The summed E-state index contributed by atoms with van der Waals surface area (Å²) in [5, 5.41) is 19.0. The molecule has 0 aliphatic carbocycles. The Bertz CT molecular complexity index is 549. The monoisotopic (exact) mass is 234 g/mol. The van der Waals surface area contributed by atoms with Crippen LogP contribution in [0, 0.1) is 13.8 Å². The SMILES string of the molecule is CCn1nc(C)c(C=Nn2nnnc2N)c1C. The maximum Gasteiger partial charge on any atom is 0.263 e. The van der Waals surface area contributed by atoms with E-state index >= 15 is 0 Å². The van der Waals surface area contributed by atoms with Crippen LogP contribution < -0.4 is 5.73 Å². The van der Waals surface area contributed by atoms with Gasteiger partial charge in [0.25, 0.3) is 5.95 Å². The van der Waals surface area contributed by atoms with Gasteiger partial charge in [-0.15, -0.1) is 0 Å². The highest BCUT2D eigenvalue weighted by molar-refractivity contribution is 5.82. The summed E-state index contributed by atoms with van der Waals surface area (Å²) in [5.41, 5.74) is 8.44. The van der Waals surface area contributed by atoms with E-state index in [0.717, 1.165) is 23.5 Å². The normalized spacial score (nSPS) is 11.5. The molecule has 90 valence electrons. The number of nitrogen functional groups attached to an aromatic ring is 1. The first-order valence-corrected chi connectivity index (χ1v) is 5.25. The maximum atomic E-state index is 5.50. The summed E-state index contributed by atoms with van der Waals surface area (Å²) >= 11 is 0. The fraction of sp³-hybridized carbons (Fsp3) is 0.444. The van der Waals surface area contributed by atoms with Gasteiger partial charge in [-0.3, -0.25) is 4.68 Å². The van der Waals surface area contributed by atoms with Gasteiger partial charge in [0.15, 0.2) is 0 Å². The number of aryl methyl sites for hydroxylation is 2. The molecule has 0 fully saturated rings. The van der Waals surface area contributed by atoms with Crippen LogP contribution >= 0.6 is 0 Å². The summed E-state index contributed by atoms with van der Waals surface area (Å²) < 4.78 is 1.92. The van der Waals surface area contributed by atoms with Gasteiger partial charge < -0.3 is 5.73 Å². The highest BCUT2D eigenvalue weighted by atomic mass is 15.7. The van der Waals surface area contributed by atoms with Crippen molar-refractivity contribution in [1.29, 1.82) is 0 Å². The molecule has 0 radical (unpaired) electrons. The van der Waals surface area contributed by atoms with Crippen LogP contribution in [0.5, 0.6) is 0 Å². The van der Waals surface area contributed by atoms with Crippen molar-refractivity contribution in [1.82, 2.24) is 30.1 Å². The lowest BCUT2D eigenvalue weighted by Gasteiger charge is -1.98. The number of anilines is 1. The molecule has 2 heterocycles. The van der Waals surface area contributed by atoms with E-state index in [9.17, 15) is 0 Å². The third-order valence-electron chi connectivity index (χ3n) is 2.51. The number of aromatic nitrogens is 6. The Morgan fingerprint density at radius 1 is 1.41 bits per heavy atom. The smallest absolute Gasteiger partial charge is 0.263 e. The van der Waals surface area contributed by atoms with Crippen LogP contribution in [-0.4, -0.2) is 36.3 Å². The largest absolute Gasteiger partial charge is 0.365 e. The zero-order valence-electron chi connectivity index (χ0n) is 9.99. The minimum absolute atomic E-state index is 0.152. The summed E-state index contributed by atoms with van der Waals surface area (Å²) in [6.07, 6.45) is 1.66. The number of rotatable bonds is 3.